The summed E-state index contributed by atoms with van der Waals surface area (Å²) in [5.74, 6) is 1.25. The molecule has 2 N–H and O–H groups in total. The van der Waals surface area contributed by atoms with E-state index in [2.05, 4.69) is 27.7 Å². The SMILES string of the molecule is CC1CC(C)CC(CO)(C2(O)CC(C)(C)C2)C1. The fourth-order valence-corrected chi connectivity index (χ4v) is 4.83. The fraction of sp³-hybridized carbons (Fsp3) is 1.00. The summed E-state index contributed by atoms with van der Waals surface area (Å²) in [6.07, 6.45) is 4.90. The van der Waals surface area contributed by atoms with Gasteiger partial charge in [0.1, 0.15) is 0 Å². The Hall–Kier alpha value is -0.0800. The third kappa shape index (κ3) is 2.15. The second kappa shape index (κ2) is 3.96. The van der Waals surface area contributed by atoms with E-state index in [1.54, 1.807) is 0 Å². The fourth-order valence-electron chi connectivity index (χ4n) is 4.83. The van der Waals surface area contributed by atoms with Crippen LogP contribution in [0.5, 0.6) is 0 Å². The predicted molar refractivity (Wildman–Crippen MR) is 69.7 cm³/mol. The standard InChI is InChI=1S/C15H28O2/c1-11-5-12(2)7-14(6-11,10-16)15(17)8-13(3,4)9-15/h11-12,16-17H,5-10H2,1-4H3. The molecule has 0 aromatic heterocycles. The zero-order valence-electron chi connectivity index (χ0n) is 11.8. The molecular formula is C15H28O2. The van der Waals surface area contributed by atoms with E-state index in [0.717, 1.165) is 25.7 Å². The molecule has 100 valence electrons. The molecule has 2 heteroatoms. The minimum absolute atomic E-state index is 0.147. The monoisotopic (exact) mass is 240 g/mol. The molecule has 2 atom stereocenters. The smallest absolute Gasteiger partial charge is 0.0736 e. The average Bonchev–Trinajstić information content (AvgIpc) is 2.12. The van der Waals surface area contributed by atoms with Crippen molar-refractivity contribution in [1.29, 1.82) is 0 Å². The number of rotatable bonds is 2. The van der Waals surface area contributed by atoms with Crippen LogP contribution in [0.3, 0.4) is 0 Å². The maximum absolute atomic E-state index is 10.9. The lowest BCUT2D eigenvalue weighted by atomic mass is 9.47. The Bertz CT molecular complexity index is 277. The van der Waals surface area contributed by atoms with Crippen molar-refractivity contribution in [2.75, 3.05) is 6.61 Å². The van der Waals surface area contributed by atoms with Crippen LogP contribution in [-0.4, -0.2) is 22.4 Å². The molecule has 2 aliphatic rings. The Balaban J connectivity index is 2.20. The van der Waals surface area contributed by atoms with Gasteiger partial charge < -0.3 is 10.2 Å². The van der Waals surface area contributed by atoms with Gasteiger partial charge in [-0.05, 0) is 49.4 Å². The molecule has 0 aromatic carbocycles. The minimum Gasteiger partial charge on any atom is -0.396 e. The van der Waals surface area contributed by atoms with Crippen LogP contribution in [-0.2, 0) is 0 Å². The third-order valence-electron chi connectivity index (χ3n) is 5.11. The first kappa shape index (κ1) is 13.4. The van der Waals surface area contributed by atoms with Crippen LogP contribution < -0.4 is 0 Å². The van der Waals surface area contributed by atoms with E-state index in [9.17, 15) is 10.2 Å². The molecule has 2 nitrogen and oxygen atoms in total. The van der Waals surface area contributed by atoms with Gasteiger partial charge in [-0.15, -0.1) is 0 Å². The number of hydrogen-bond acceptors (Lipinski definition) is 2. The highest BCUT2D eigenvalue weighted by atomic mass is 16.3. The van der Waals surface area contributed by atoms with Crippen LogP contribution in [0.2, 0.25) is 0 Å². The van der Waals surface area contributed by atoms with Gasteiger partial charge in [0, 0.05) is 5.41 Å². The average molecular weight is 240 g/mol. The molecule has 0 saturated heterocycles. The van der Waals surface area contributed by atoms with Crippen LogP contribution >= 0.6 is 0 Å². The molecule has 0 bridgehead atoms. The van der Waals surface area contributed by atoms with Gasteiger partial charge in [0.25, 0.3) is 0 Å². The van der Waals surface area contributed by atoms with E-state index in [1.165, 1.54) is 6.42 Å². The molecule has 17 heavy (non-hydrogen) atoms. The largest absolute Gasteiger partial charge is 0.396 e. The summed E-state index contributed by atoms with van der Waals surface area (Å²) < 4.78 is 0. The lowest BCUT2D eigenvalue weighted by Crippen LogP contribution is -2.63. The van der Waals surface area contributed by atoms with Gasteiger partial charge in [0.05, 0.1) is 12.2 Å². The second-order valence-corrected chi connectivity index (χ2v) is 7.84. The molecule has 0 aliphatic heterocycles. The number of hydrogen-bond donors (Lipinski definition) is 2. The lowest BCUT2D eigenvalue weighted by Gasteiger charge is -2.61. The predicted octanol–water partition coefficient (Wildman–Crippen LogP) is 2.97. The molecule has 0 radical (unpaired) electrons. The van der Waals surface area contributed by atoms with Crippen molar-refractivity contribution in [2.45, 2.75) is 65.4 Å². The number of aliphatic hydroxyl groups is 2. The highest BCUT2D eigenvalue weighted by molar-refractivity contribution is 5.11. The van der Waals surface area contributed by atoms with Crippen LogP contribution in [0.15, 0.2) is 0 Å². The van der Waals surface area contributed by atoms with Crippen LogP contribution in [0, 0.1) is 22.7 Å². The maximum Gasteiger partial charge on any atom is 0.0736 e. The first-order chi connectivity index (χ1) is 7.72. The van der Waals surface area contributed by atoms with Crippen LogP contribution in [0.25, 0.3) is 0 Å². The summed E-state index contributed by atoms with van der Waals surface area (Å²) in [7, 11) is 0. The summed E-state index contributed by atoms with van der Waals surface area (Å²) in [6, 6.07) is 0. The van der Waals surface area contributed by atoms with Crippen LogP contribution in [0.4, 0.5) is 0 Å². The molecule has 0 aromatic rings. The van der Waals surface area contributed by atoms with Crippen molar-refractivity contribution in [3.8, 4) is 0 Å². The second-order valence-electron chi connectivity index (χ2n) is 7.84. The molecule has 0 heterocycles. The zero-order chi connectivity index (χ0) is 12.9. The molecular weight excluding hydrogens is 212 g/mol. The lowest BCUT2D eigenvalue weighted by molar-refractivity contribution is -0.226. The Labute approximate surface area is 105 Å². The van der Waals surface area contributed by atoms with Crippen molar-refractivity contribution < 1.29 is 10.2 Å². The van der Waals surface area contributed by atoms with Gasteiger partial charge in [-0.2, -0.15) is 0 Å². The molecule has 2 saturated carbocycles. The topological polar surface area (TPSA) is 40.5 Å². The molecule has 0 spiro atoms. The van der Waals surface area contributed by atoms with E-state index in [4.69, 9.17) is 0 Å². The minimum atomic E-state index is -0.617. The Morgan fingerprint density at radius 2 is 1.53 bits per heavy atom. The van der Waals surface area contributed by atoms with Gasteiger partial charge in [-0.25, -0.2) is 0 Å². The highest BCUT2D eigenvalue weighted by Gasteiger charge is 2.61. The van der Waals surface area contributed by atoms with Crippen molar-refractivity contribution in [3.63, 3.8) is 0 Å². The van der Waals surface area contributed by atoms with Gasteiger partial charge in [0.2, 0.25) is 0 Å². The Kier molecular flexibility index (Phi) is 3.11. The van der Waals surface area contributed by atoms with Gasteiger partial charge in [-0.3, -0.25) is 0 Å². The first-order valence-corrected chi connectivity index (χ1v) is 7.05. The quantitative estimate of drug-likeness (QED) is 0.779. The summed E-state index contributed by atoms with van der Waals surface area (Å²) in [5, 5.41) is 20.8. The van der Waals surface area contributed by atoms with E-state index in [1.807, 2.05) is 0 Å². The van der Waals surface area contributed by atoms with Crippen molar-refractivity contribution in [3.05, 3.63) is 0 Å². The molecule has 2 unspecified atom stereocenters. The maximum atomic E-state index is 10.9. The summed E-state index contributed by atoms with van der Waals surface area (Å²) in [6.45, 7) is 9.08. The highest BCUT2D eigenvalue weighted by Crippen LogP contribution is 2.61. The Morgan fingerprint density at radius 1 is 1.06 bits per heavy atom. The van der Waals surface area contributed by atoms with Crippen molar-refractivity contribution in [2.24, 2.45) is 22.7 Å². The Morgan fingerprint density at radius 3 is 1.88 bits per heavy atom. The van der Waals surface area contributed by atoms with E-state index in [0.29, 0.717) is 11.8 Å². The number of aliphatic hydroxyl groups excluding tert-OH is 1. The summed E-state index contributed by atoms with van der Waals surface area (Å²) in [4.78, 5) is 0. The van der Waals surface area contributed by atoms with E-state index < -0.39 is 5.60 Å². The van der Waals surface area contributed by atoms with Gasteiger partial charge in [0.15, 0.2) is 0 Å². The van der Waals surface area contributed by atoms with Gasteiger partial charge in [-0.1, -0.05) is 27.7 Å². The summed E-state index contributed by atoms with van der Waals surface area (Å²) in [5.41, 5.74) is -0.603. The third-order valence-corrected chi connectivity index (χ3v) is 5.11. The van der Waals surface area contributed by atoms with Crippen molar-refractivity contribution >= 4 is 0 Å². The van der Waals surface area contributed by atoms with E-state index >= 15 is 0 Å². The zero-order valence-corrected chi connectivity index (χ0v) is 11.8. The van der Waals surface area contributed by atoms with Gasteiger partial charge >= 0.3 is 0 Å². The van der Waals surface area contributed by atoms with Crippen molar-refractivity contribution in [1.82, 2.24) is 0 Å². The van der Waals surface area contributed by atoms with Crippen LogP contribution in [0.1, 0.15) is 59.8 Å². The first-order valence-electron chi connectivity index (χ1n) is 7.05. The normalized spacial score (nSPS) is 44.1. The summed E-state index contributed by atoms with van der Waals surface area (Å²) >= 11 is 0. The molecule has 2 rings (SSSR count). The molecule has 2 aliphatic carbocycles. The molecule has 2 fully saturated rings. The van der Waals surface area contributed by atoms with E-state index in [-0.39, 0.29) is 17.4 Å². The molecule has 0 amide bonds.